The molecule has 0 radical (unpaired) electrons. The molecule has 1 N–H and O–H groups in total. The number of rotatable bonds is 8. The van der Waals surface area contributed by atoms with Crippen molar-refractivity contribution in [2.75, 3.05) is 25.6 Å². The van der Waals surface area contributed by atoms with Crippen molar-refractivity contribution in [1.29, 1.82) is 0 Å². The average molecular weight is 377 g/mol. The van der Waals surface area contributed by atoms with Crippen LogP contribution in [0.4, 0.5) is 5.69 Å². The summed E-state index contributed by atoms with van der Waals surface area (Å²) >= 11 is 0. The summed E-state index contributed by atoms with van der Waals surface area (Å²) in [4.78, 5) is 25.2. The summed E-state index contributed by atoms with van der Waals surface area (Å²) in [5, 5.41) is 2.92. The van der Waals surface area contributed by atoms with E-state index in [4.69, 9.17) is 14.2 Å². The van der Waals surface area contributed by atoms with Gasteiger partial charge in [0.05, 0.1) is 13.2 Å². The van der Waals surface area contributed by atoms with Crippen molar-refractivity contribution in [3.8, 4) is 5.75 Å². The van der Waals surface area contributed by atoms with Gasteiger partial charge in [-0.3, -0.25) is 4.79 Å². The van der Waals surface area contributed by atoms with Gasteiger partial charge in [-0.2, -0.15) is 0 Å². The lowest BCUT2D eigenvalue weighted by Gasteiger charge is -2.37. The zero-order valence-electron chi connectivity index (χ0n) is 16.8. The van der Waals surface area contributed by atoms with Crippen LogP contribution in [-0.4, -0.2) is 37.8 Å². The van der Waals surface area contributed by atoms with Crippen molar-refractivity contribution in [3.63, 3.8) is 0 Å². The second-order valence-electron chi connectivity index (χ2n) is 7.13. The van der Waals surface area contributed by atoms with Gasteiger partial charge in [0.25, 0.3) is 5.91 Å². The summed E-state index contributed by atoms with van der Waals surface area (Å²) in [6.45, 7) is 6.66. The van der Waals surface area contributed by atoms with Crippen LogP contribution in [0.3, 0.4) is 0 Å². The quantitative estimate of drug-likeness (QED) is 0.688. The standard InChI is InChI=1S/C21H31NO5/c1-5-12-27-18-10-9-16(13-17(18)19(23)26-6-2)22-20(24)21(25-4)11-7-8-15(3)14-21/h9-10,13,15H,5-8,11-12,14H2,1-4H3,(H,22,24)/t15-,21-/m0/s1. The van der Waals surface area contributed by atoms with Crippen molar-refractivity contribution < 1.29 is 23.8 Å². The maximum atomic E-state index is 12.9. The van der Waals surface area contributed by atoms with Crippen molar-refractivity contribution in [1.82, 2.24) is 0 Å². The van der Waals surface area contributed by atoms with Gasteiger partial charge < -0.3 is 19.5 Å². The molecule has 0 unspecified atom stereocenters. The first-order chi connectivity index (χ1) is 13.0. The molecule has 150 valence electrons. The molecule has 0 saturated heterocycles. The van der Waals surface area contributed by atoms with E-state index in [0.717, 1.165) is 19.3 Å². The number of hydrogen-bond acceptors (Lipinski definition) is 5. The third kappa shape index (κ3) is 5.22. The highest BCUT2D eigenvalue weighted by atomic mass is 16.5. The Balaban J connectivity index is 2.23. The van der Waals surface area contributed by atoms with Gasteiger partial charge in [-0.25, -0.2) is 4.79 Å². The molecule has 2 rings (SSSR count). The second kappa shape index (κ2) is 9.74. The Bertz CT molecular complexity index is 660. The molecule has 1 saturated carbocycles. The summed E-state index contributed by atoms with van der Waals surface area (Å²) < 4.78 is 16.4. The number of anilines is 1. The van der Waals surface area contributed by atoms with Crippen LogP contribution in [-0.2, 0) is 14.3 Å². The molecule has 0 heterocycles. The Hall–Kier alpha value is -2.08. The van der Waals surface area contributed by atoms with Crippen LogP contribution in [0.15, 0.2) is 18.2 Å². The Morgan fingerprint density at radius 3 is 2.70 bits per heavy atom. The zero-order valence-corrected chi connectivity index (χ0v) is 16.8. The maximum absolute atomic E-state index is 12.9. The van der Waals surface area contributed by atoms with E-state index in [2.05, 4.69) is 12.2 Å². The molecule has 1 aliphatic rings. The first-order valence-electron chi connectivity index (χ1n) is 9.76. The van der Waals surface area contributed by atoms with Crippen LogP contribution < -0.4 is 10.1 Å². The average Bonchev–Trinajstić information content (AvgIpc) is 2.66. The highest BCUT2D eigenvalue weighted by Gasteiger charge is 2.42. The number of benzene rings is 1. The molecule has 6 heteroatoms. The Labute approximate surface area is 161 Å². The molecule has 1 aromatic rings. The summed E-state index contributed by atoms with van der Waals surface area (Å²) in [7, 11) is 1.59. The second-order valence-corrected chi connectivity index (χ2v) is 7.13. The van der Waals surface area contributed by atoms with Gasteiger partial charge in [0.15, 0.2) is 0 Å². The largest absolute Gasteiger partial charge is 0.493 e. The minimum atomic E-state index is -0.820. The van der Waals surface area contributed by atoms with Crippen molar-refractivity contribution in [2.24, 2.45) is 5.92 Å². The predicted octanol–water partition coefficient (Wildman–Crippen LogP) is 4.19. The normalized spacial score (nSPS) is 22.1. The van der Waals surface area contributed by atoms with Gasteiger partial charge in [-0.15, -0.1) is 0 Å². The molecular formula is C21H31NO5. The maximum Gasteiger partial charge on any atom is 0.341 e. The lowest BCUT2D eigenvalue weighted by molar-refractivity contribution is -0.143. The minimum absolute atomic E-state index is 0.173. The number of hydrogen-bond donors (Lipinski definition) is 1. The van der Waals surface area contributed by atoms with Crippen LogP contribution in [0.5, 0.6) is 5.75 Å². The van der Waals surface area contributed by atoms with E-state index < -0.39 is 11.6 Å². The number of ether oxygens (including phenoxy) is 3. The number of amides is 1. The minimum Gasteiger partial charge on any atom is -0.493 e. The molecule has 2 atom stereocenters. The smallest absolute Gasteiger partial charge is 0.341 e. The summed E-state index contributed by atoms with van der Waals surface area (Å²) in [6.07, 6.45) is 4.28. The summed E-state index contributed by atoms with van der Waals surface area (Å²) in [5.41, 5.74) is 0.0206. The van der Waals surface area contributed by atoms with Crippen LogP contribution in [0, 0.1) is 5.92 Å². The highest BCUT2D eigenvalue weighted by Crippen LogP contribution is 2.36. The van der Waals surface area contributed by atoms with Crippen LogP contribution in [0.1, 0.15) is 63.2 Å². The van der Waals surface area contributed by atoms with E-state index >= 15 is 0 Å². The fourth-order valence-corrected chi connectivity index (χ4v) is 3.55. The van der Waals surface area contributed by atoms with Gasteiger partial charge in [0, 0.05) is 12.8 Å². The lowest BCUT2D eigenvalue weighted by Crippen LogP contribution is -2.47. The predicted molar refractivity (Wildman–Crippen MR) is 104 cm³/mol. The summed E-state index contributed by atoms with van der Waals surface area (Å²) in [5.74, 6) is 0.256. The number of esters is 1. The van der Waals surface area contributed by atoms with E-state index in [1.165, 1.54) is 0 Å². The number of nitrogens with one attached hydrogen (secondary N) is 1. The third-order valence-electron chi connectivity index (χ3n) is 4.95. The van der Waals surface area contributed by atoms with E-state index in [9.17, 15) is 9.59 Å². The molecule has 1 amide bonds. The first kappa shape index (κ1) is 21.2. The molecule has 1 aromatic carbocycles. The van der Waals surface area contributed by atoms with Gasteiger partial charge in [0.2, 0.25) is 0 Å². The zero-order chi connectivity index (χ0) is 19.9. The summed E-state index contributed by atoms with van der Waals surface area (Å²) in [6, 6.07) is 5.04. The fourth-order valence-electron chi connectivity index (χ4n) is 3.55. The van der Waals surface area contributed by atoms with Gasteiger partial charge in [-0.1, -0.05) is 20.3 Å². The molecule has 1 fully saturated rings. The van der Waals surface area contributed by atoms with Gasteiger partial charge in [-0.05, 0) is 56.7 Å². The van der Waals surface area contributed by atoms with E-state index in [1.807, 2.05) is 6.92 Å². The van der Waals surface area contributed by atoms with Crippen molar-refractivity contribution in [3.05, 3.63) is 23.8 Å². The Morgan fingerprint density at radius 2 is 2.07 bits per heavy atom. The SMILES string of the molecule is CCCOc1ccc(NC(=O)[C@]2(OC)CCC[C@H](C)C2)cc1C(=O)OCC. The van der Waals surface area contributed by atoms with Gasteiger partial charge in [0.1, 0.15) is 16.9 Å². The highest BCUT2D eigenvalue weighted by molar-refractivity contribution is 5.99. The first-order valence-corrected chi connectivity index (χ1v) is 9.76. The topological polar surface area (TPSA) is 73.9 Å². The monoisotopic (exact) mass is 377 g/mol. The van der Waals surface area contributed by atoms with Crippen LogP contribution in [0.25, 0.3) is 0 Å². The Morgan fingerprint density at radius 1 is 1.30 bits per heavy atom. The molecule has 1 aliphatic carbocycles. The molecular weight excluding hydrogens is 346 g/mol. The van der Waals surface area contributed by atoms with Crippen LogP contribution >= 0.6 is 0 Å². The van der Waals surface area contributed by atoms with Gasteiger partial charge >= 0.3 is 5.97 Å². The molecule has 0 aliphatic heterocycles. The molecule has 27 heavy (non-hydrogen) atoms. The number of carbonyl (C=O) groups excluding carboxylic acids is 2. The molecule has 0 bridgehead atoms. The van der Waals surface area contributed by atoms with E-state index in [1.54, 1.807) is 32.2 Å². The van der Waals surface area contributed by atoms with Crippen molar-refractivity contribution in [2.45, 2.75) is 58.5 Å². The molecule has 0 spiro atoms. The van der Waals surface area contributed by atoms with Crippen LogP contribution in [0.2, 0.25) is 0 Å². The Kier molecular flexibility index (Phi) is 7.66. The number of methoxy groups -OCH3 is 1. The van der Waals surface area contributed by atoms with E-state index in [0.29, 0.717) is 42.4 Å². The molecule has 6 nitrogen and oxygen atoms in total. The molecule has 0 aromatic heterocycles. The van der Waals surface area contributed by atoms with E-state index in [-0.39, 0.29) is 12.5 Å². The fraction of sp³-hybridized carbons (Fsp3) is 0.619. The third-order valence-corrected chi connectivity index (χ3v) is 4.95. The van der Waals surface area contributed by atoms with Crippen molar-refractivity contribution >= 4 is 17.6 Å². The number of carbonyl (C=O) groups is 2. The lowest BCUT2D eigenvalue weighted by atomic mass is 9.78.